The van der Waals surface area contributed by atoms with E-state index in [-0.39, 0.29) is 17.8 Å². The van der Waals surface area contributed by atoms with Crippen molar-refractivity contribution in [2.24, 2.45) is 5.41 Å². The molecule has 2 rings (SSSR count). The van der Waals surface area contributed by atoms with E-state index in [1.165, 1.54) is 6.08 Å². The molecule has 6 heteroatoms. The van der Waals surface area contributed by atoms with Crippen molar-refractivity contribution in [2.45, 2.75) is 6.42 Å². The third-order valence-electron chi connectivity index (χ3n) is 4.76. The molecule has 152 valence electrons. The number of aliphatic hydroxyl groups excluding tert-OH is 3. The molecule has 0 fully saturated rings. The van der Waals surface area contributed by atoms with Crippen molar-refractivity contribution in [1.29, 1.82) is 0 Å². The second kappa shape index (κ2) is 9.93. The second-order valence-electron chi connectivity index (χ2n) is 6.91. The zero-order valence-electron chi connectivity index (χ0n) is 15.9. The number of allylic oxidation sites excluding steroid dienone is 1. The fourth-order valence-electron chi connectivity index (χ4n) is 2.91. The number of carbonyl (C=O) groups is 2. The highest BCUT2D eigenvalue weighted by atomic mass is 16.4. The SMILES string of the molecule is C=C(C(=O)c1ccc(C=CC(=O)O)cc1CC(CO)(CO)CO)c1ccccc1. The summed E-state index contributed by atoms with van der Waals surface area (Å²) in [6.07, 6.45) is 2.37. The summed E-state index contributed by atoms with van der Waals surface area (Å²) >= 11 is 0. The highest BCUT2D eigenvalue weighted by Gasteiger charge is 2.30. The van der Waals surface area contributed by atoms with Gasteiger partial charge in [-0.3, -0.25) is 4.79 Å². The van der Waals surface area contributed by atoms with Gasteiger partial charge in [-0.05, 0) is 29.2 Å². The molecule has 0 saturated carbocycles. The van der Waals surface area contributed by atoms with E-state index in [0.717, 1.165) is 6.08 Å². The van der Waals surface area contributed by atoms with Gasteiger partial charge < -0.3 is 20.4 Å². The molecule has 0 aromatic heterocycles. The van der Waals surface area contributed by atoms with Crippen LogP contribution in [0.4, 0.5) is 0 Å². The molecule has 0 aliphatic heterocycles. The van der Waals surface area contributed by atoms with Crippen LogP contribution in [0.15, 0.2) is 61.2 Å². The zero-order valence-corrected chi connectivity index (χ0v) is 15.9. The van der Waals surface area contributed by atoms with Crippen molar-refractivity contribution in [3.8, 4) is 0 Å². The normalized spacial score (nSPS) is 11.6. The van der Waals surface area contributed by atoms with Crippen LogP contribution >= 0.6 is 0 Å². The first-order valence-corrected chi connectivity index (χ1v) is 9.01. The maximum absolute atomic E-state index is 13.1. The van der Waals surface area contributed by atoms with Gasteiger partial charge in [-0.1, -0.05) is 55.1 Å². The van der Waals surface area contributed by atoms with Gasteiger partial charge in [-0.15, -0.1) is 0 Å². The van der Waals surface area contributed by atoms with Crippen molar-refractivity contribution in [3.05, 3.63) is 83.4 Å². The maximum Gasteiger partial charge on any atom is 0.328 e. The Morgan fingerprint density at radius 2 is 1.59 bits per heavy atom. The van der Waals surface area contributed by atoms with Crippen LogP contribution in [0.2, 0.25) is 0 Å². The molecule has 0 atom stereocenters. The quantitative estimate of drug-likeness (QED) is 0.361. The van der Waals surface area contributed by atoms with E-state index >= 15 is 0 Å². The van der Waals surface area contributed by atoms with Crippen LogP contribution in [-0.4, -0.2) is 52.0 Å². The highest BCUT2D eigenvalue weighted by molar-refractivity contribution is 6.28. The molecule has 29 heavy (non-hydrogen) atoms. The van der Waals surface area contributed by atoms with Crippen LogP contribution in [0.1, 0.15) is 27.0 Å². The van der Waals surface area contributed by atoms with E-state index in [4.69, 9.17) is 5.11 Å². The zero-order chi connectivity index (χ0) is 21.4. The number of aliphatic carboxylic acids is 1. The van der Waals surface area contributed by atoms with Gasteiger partial charge >= 0.3 is 5.97 Å². The lowest BCUT2D eigenvalue weighted by Crippen LogP contribution is -2.36. The van der Waals surface area contributed by atoms with E-state index in [0.29, 0.717) is 22.3 Å². The lowest BCUT2D eigenvalue weighted by molar-refractivity contribution is -0.131. The first-order valence-electron chi connectivity index (χ1n) is 9.01. The van der Waals surface area contributed by atoms with Gasteiger partial charge in [0.1, 0.15) is 0 Å². The summed E-state index contributed by atoms with van der Waals surface area (Å²) in [7, 11) is 0. The van der Waals surface area contributed by atoms with Gasteiger partial charge in [0.15, 0.2) is 5.78 Å². The molecule has 0 aliphatic rings. The number of aliphatic hydroxyl groups is 3. The van der Waals surface area contributed by atoms with E-state index < -0.39 is 31.2 Å². The molecule has 2 aromatic rings. The van der Waals surface area contributed by atoms with Gasteiger partial charge in [0, 0.05) is 22.6 Å². The van der Waals surface area contributed by atoms with Gasteiger partial charge in [0.05, 0.1) is 19.8 Å². The minimum Gasteiger partial charge on any atom is -0.478 e. The fourth-order valence-corrected chi connectivity index (χ4v) is 2.91. The largest absolute Gasteiger partial charge is 0.478 e. The average Bonchev–Trinajstić information content (AvgIpc) is 2.76. The molecule has 0 radical (unpaired) electrons. The van der Waals surface area contributed by atoms with Crippen LogP contribution in [0, 0.1) is 5.41 Å². The van der Waals surface area contributed by atoms with Gasteiger partial charge in [-0.2, -0.15) is 0 Å². The topological polar surface area (TPSA) is 115 Å². The number of rotatable bonds is 10. The molecular weight excluding hydrogens is 372 g/mol. The number of carboxylic acids is 1. The minimum atomic E-state index is -1.22. The van der Waals surface area contributed by atoms with Crippen LogP contribution in [-0.2, 0) is 11.2 Å². The minimum absolute atomic E-state index is 0.0222. The van der Waals surface area contributed by atoms with Crippen molar-refractivity contribution in [2.75, 3.05) is 19.8 Å². The maximum atomic E-state index is 13.1. The van der Waals surface area contributed by atoms with Crippen LogP contribution in [0.5, 0.6) is 0 Å². The van der Waals surface area contributed by atoms with Gasteiger partial charge in [0.2, 0.25) is 0 Å². The third-order valence-corrected chi connectivity index (χ3v) is 4.76. The van der Waals surface area contributed by atoms with Crippen molar-refractivity contribution in [1.82, 2.24) is 0 Å². The summed E-state index contributed by atoms with van der Waals surface area (Å²) in [6.45, 7) is 2.44. The standard InChI is InChI=1S/C23H24O6/c1-16(18-5-3-2-4-6-18)22(29)20-9-7-17(8-10-21(27)28)11-19(20)12-23(13-24,14-25)15-26/h2-11,24-26H,1,12-15H2,(H,27,28). The first kappa shape index (κ1) is 22.2. The Kier molecular flexibility index (Phi) is 7.61. The van der Waals surface area contributed by atoms with Gasteiger partial charge in [0.25, 0.3) is 0 Å². The Balaban J connectivity index is 2.51. The molecular formula is C23H24O6. The molecule has 6 nitrogen and oxygen atoms in total. The third kappa shape index (κ3) is 5.48. The highest BCUT2D eigenvalue weighted by Crippen LogP contribution is 2.28. The monoisotopic (exact) mass is 396 g/mol. The lowest BCUT2D eigenvalue weighted by atomic mass is 9.80. The number of carboxylic acid groups (broad SMARTS) is 1. The molecule has 2 aromatic carbocycles. The first-order chi connectivity index (χ1) is 13.9. The summed E-state index contributed by atoms with van der Waals surface area (Å²) in [5.74, 6) is -1.44. The van der Waals surface area contributed by atoms with Crippen molar-refractivity contribution in [3.63, 3.8) is 0 Å². The van der Waals surface area contributed by atoms with E-state index in [1.54, 1.807) is 42.5 Å². The number of hydrogen-bond acceptors (Lipinski definition) is 5. The summed E-state index contributed by atoms with van der Waals surface area (Å²) in [5.41, 5.74) is 1.03. The number of Topliss-reactive ketones (excluding diaryl/α,β-unsaturated/α-hetero) is 1. The van der Waals surface area contributed by atoms with Crippen molar-refractivity contribution < 1.29 is 30.0 Å². The second-order valence-corrected chi connectivity index (χ2v) is 6.91. The van der Waals surface area contributed by atoms with Crippen LogP contribution < -0.4 is 0 Å². The predicted molar refractivity (Wildman–Crippen MR) is 110 cm³/mol. The molecule has 0 heterocycles. The number of carbonyl (C=O) groups excluding carboxylic acids is 1. The number of benzene rings is 2. The molecule has 0 spiro atoms. The molecule has 0 saturated heterocycles. The molecule has 0 amide bonds. The summed E-state index contributed by atoms with van der Waals surface area (Å²) in [5, 5.41) is 37.9. The Hall–Kier alpha value is -3.06. The number of hydrogen-bond donors (Lipinski definition) is 4. The average molecular weight is 396 g/mol. The fraction of sp³-hybridized carbons (Fsp3) is 0.217. The summed E-state index contributed by atoms with van der Waals surface area (Å²) in [6, 6.07) is 13.7. The Morgan fingerprint density at radius 3 is 2.14 bits per heavy atom. The molecule has 0 bridgehead atoms. The van der Waals surface area contributed by atoms with Crippen LogP contribution in [0.25, 0.3) is 11.6 Å². The Morgan fingerprint density at radius 1 is 0.966 bits per heavy atom. The van der Waals surface area contributed by atoms with E-state index in [9.17, 15) is 24.9 Å². The summed E-state index contributed by atoms with van der Waals surface area (Å²) < 4.78 is 0. The van der Waals surface area contributed by atoms with E-state index in [1.807, 2.05) is 6.07 Å². The van der Waals surface area contributed by atoms with Crippen molar-refractivity contribution >= 4 is 23.4 Å². The lowest BCUT2D eigenvalue weighted by Gasteiger charge is -2.28. The Bertz CT molecular complexity index is 902. The van der Waals surface area contributed by atoms with Gasteiger partial charge in [-0.25, -0.2) is 4.79 Å². The Labute approximate surface area is 169 Å². The van der Waals surface area contributed by atoms with Crippen LogP contribution in [0.3, 0.4) is 0 Å². The molecule has 0 unspecified atom stereocenters. The smallest absolute Gasteiger partial charge is 0.328 e. The summed E-state index contributed by atoms with van der Waals surface area (Å²) in [4.78, 5) is 23.9. The number of ketones is 1. The predicted octanol–water partition coefficient (Wildman–Crippen LogP) is 2.19. The molecule has 4 N–H and O–H groups in total. The van der Waals surface area contributed by atoms with E-state index in [2.05, 4.69) is 6.58 Å². The molecule has 0 aliphatic carbocycles.